The van der Waals surface area contributed by atoms with Crippen LogP contribution in [0, 0.1) is 0 Å². The molecule has 0 saturated heterocycles. The first kappa shape index (κ1) is 8.20. The van der Waals surface area contributed by atoms with Gasteiger partial charge in [-0.05, 0) is 13.8 Å². The zero-order valence-electron chi connectivity index (χ0n) is 7.33. The summed E-state index contributed by atoms with van der Waals surface area (Å²) in [6.45, 7) is 3.91. The van der Waals surface area contributed by atoms with E-state index >= 15 is 0 Å². The van der Waals surface area contributed by atoms with Crippen LogP contribution >= 0.6 is 0 Å². The molecule has 0 spiro atoms. The van der Waals surface area contributed by atoms with Crippen molar-refractivity contribution in [3.8, 4) is 0 Å². The minimum Gasteiger partial charge on any atom is -0.371 e. The number of ether oxygens (including phenoxy) is 1. The molecule has 0 atom stereocenters. The Balaban J connectivity index is 3.00. The molecule has 4 nitrogen and oxygen atoms in total. The van der Waals surface area contributed by atoms with Crippen molar-refractivity contribution in [2.24, 2.45) is 7.05 Å². The van der Waals surface area contributed by atoms with Crippen molar-refractivity contribution in [3.63, 3.8) is 0 Å². The van der Waals surface area contributed by atoms with Crippen LogP contribution < -0.4 is 0 Å². The molecule has 0 aliphatic heterocycles. The molecule has 0 aliphatic carbocycles. The second-order valence-electron chi connectivity index (χ2n) is 2.98. The van der Waals surface area contributed by atoms with Crippen LogP contribution in [0.5, 0.6) is 0 Å². The molecule has 0 unspecified atom stereocenters. The molecule has 1 rings (SSSR count). The summed E-state index contributed by atoms with van der Waals surface area (Å²) in [6.07, 6.45) is 1.66. The Bertz CT molecular complexity index is 242. The fourth-order valence-corrected chi connectivity index (χ4v) is 0.920. The predicted molar refractivity (Wildman–Crippen MR) is 41.0 cm³/mol. The second kappa shape index (κ2) is 2.62. The maximum atomic E-state index is 5.24. The molecule has 11 heavy (non-hydrogen) atoms. The van der Waals surface area contributed by atoms with Crippen LogP contribution in [0.3, 0.4) is 0 Å². The molecule has 0 amide bonds. The lowest BCUT2D eigenvalue weighted by atomic mass is 10.1. The lowest BCUT2D eigenvalue weighted by molar-refractivity contribution is 0.00896. The van der Waals surface area contributed by atoms with E-state index in [1.165, 1.54) is 0 Å². The van der Waals surface area contributed by atoms with E-state index in [0.717, 1.165) is 5.82 Å². The smallest absolute Gasteiger partial charge is 0.164 e. The highest BCUT2D eigenvalue weighted by Gasteiger charge is 2.24. The zero-order valence-corrected chi connectivity index (χ0v) is 7.33. The van der Waals surface area contributed by atoms with Gasteiger partial charge in [-0.1, -0.05) is 0 Å². The standard InChI is InChI=1S/C7H13N3O/c1-7(2,11-4)6-9-8-5-10(6)3/h5H,1-4H3. The number of hydrogen-bond acceptors (Lipinski definition) is 3. The van der Waals surface area contributed by atoms with Crippen molar-refractivity contribution in [3.05, 3.63) is 12.2 Å². The molecular weight excluding hydrogens is 142 g/mol. The van der Waals surface area contributed by atoms with Crippen molar-refractivity contribution in [2.45, 2.75) is 19.4 Å². The summed E-state index contributed by atoms with van der Waals surface area (Å²) in [5.41, 5.74) is -0.356. The zero-order chi connectivity index (χ0) is 8.48. The number of methoxy groups -OCH3 is 1. The minimum atomic E-state index is -0.356. The maximum Gasteiger partial charge on any atom is 0.164 e. The summed E-state index contributed by atoms with van der Waals surface area (Å²) in [4.78, 5) is 0. The Hall–Kier alpha value is -0.900. The lowest BCUT2D eigenvalue weighted by Gasteiger charge is -2.20. The molecule has 0 saturated carbocycles. The topological polar surface area (TPSA) is 39.9 Å². The van der Waals surface area contributed by atoms with Crippen LogP contribution in [0.1, 0.15) is 19.7 Å². The lowest BCUT2D eigenvalue weighted by Crippen LogP contribution is -2.23. The van der Waals surface area contributed by atoms with Gasteiger partial charge in [-0.15, -0.1) is 10.2 Å². The van der Waals surface area contributed by atoms with Gasteiger partial charge in [0, 0.05) is 14.2 Å². The van der Waals surface area contributed by atoms with Gasteiger partial charge in [-0.25, -0.2) is 0 Å². The van der Waals surface area contributed by atoms with E-state index in [4.69, 9.17) is 4.74 Å². The Morgan fingerprint density at radius 2 is 2.18 bits per heavy atom. The summed E-state index contributed by atoms with van der Waals surface area (Å²) in [5.74, 6) is 0.833. The van der Waals surface area contributed by atoms with Crippen LogP contribution in [0.25, 0.3) is 0 Å². The number of rotatable bonds is 2. The highest BCUT2D eigenvalue weighted by Crippen LogP contribution is 2.19. The number of aryl methyl sites for hydroxylation is 1. The van der Waals surface area contributed by atoms with Gasteiger partial charge in [0.25, 0.3) is 0 Å². The van der Waals surface area contributed by atoms with Crippen molar-refractivity contribution in [1.29, 1.82) is 0 Å². The van der Waals surface area contributed by atoms with E-state index in [0.29, 0.717) is 0 Å². The average molecular weight is 155 g/mol. The minimum absolute atomic E-state index is 0.356. The van der Waals surface area contributed by atoms with Gasteiger partial charge in [0.2, 0.25) is 0 Å². The Labute approximate surface area is 66.2 Å². The largest absolute Gasteiger partial charge is 0.371 e. The van der Waals surface area contributed by atoms with Gasteiger partial charge in [0.05, 0.1) is 0 Å². The van der Waals surface area contributed by atoms with E-state index in [1.807, 2.05) is 25.5 Å². The Morgan fingerprint density at radius 1 is 1.55 bits per heavy atom. The van der Waals surface area contributed by atoms with E-state index in [2.05, 4.69) is 10.2 Å². The Kier molecular flexibility index (Phi) is 1.95. The molecule has 0 N–H and O–H groups in total. The van der Waals surface area contributed by atoms with Crippen LogP contribution in [0.2, 0.25) is 0 Å². The highest BCUT2D eigenvalue weighted by molar-refractivity contribution is 4.96. The first-order valence-corrected chi connectivity index (χ1v) is 3.47. The third kappa shape index (κ3) is 1.40. The third-order valence-electron chi connectivity index (χ3n) is 1.76. The van der Waals surface area contributed by atoms with Crippen molar-refractivity contribution >= 4 is 0 Å². The molecule has 4 heteroatoms. The van der Waals surface area contributed by atoms with Gasteiger partial charge in [0.15, 0.2) is 5.82 Å². The monoisotopic (exact) mass is 155 g/mol. The number of hydrogen-bond donors (Lipinski definition) is 0. The Morgan fingerprint density at radius 3 is 2.55 bits per heavy atom. The molecule has 1 aromatic heterocycles. The normalized spacial score (nSPS) is 12.0. The molecule has 1 aromatic rings. The van der Waals surface area contributed by atoms with Crippen molar-refractivity contribution in [2.75, 3.05) is 7.11 Å². The first-order valence-electron chi connectivity index (χ1n) is 3.47. The van der Waals surface area contributed by atoms with Gasteiger partial charge in [-0.3, -0.25) is 0 Å². The number of aromatic nitrogens is 3. The fraction of sp³-hybridized carbons (Fsp3) is 0.714. The SMILES string of the molecule is COC(C)(C)c1nncn1C. The van der Waals surface area contributed by atoms with Crippen LogP contribution in [-0.2, 0) is 17.4 Å². The van der Waals surface area contributed by atoms with Gasteiger partial charge in [0.1, 0.15) is 11.9 Å². The maximum absolute atomic E-state index is 5.24. The summed E-state index contributed by atoms with van der Waals surface area (Å²) >= 11 is 0. The van der Waals surface area contributed by atoms with E-state index < -0.39 is 0 Å². The quantitative estimate of drug-likeness (QED) is 0.631. The molecule has 0 aromatic carbocycles. The van der Waals surface area contributed by atoms with Crippen LogP contribution in [0.4, 0.5) is 0 Å². The molecular formula is C7H13N3O. The number of nitrogens with zero attached hydrogens (tertiary/aromatic N) is 3. The average Bonchev–Trinajstić information content (AvgIpc) is 2.36. The van der Waals surface area contributed by atoms with E-state index in [9.17, 15) is 0 Å². The van der Waals surface area contributed by atoms with E-state index in [1.54, 1.807) is 13.4 Å². The van der Waals surface area contributed by atoms with Crippen molar-refractivity contribution in [1.82, 2.24) is 14.8 Å². The molecule has 1 heterocycles. The summed E-state index contributed by atoms with van der Waals surface area (Å²) in [5, 5.41) is 7.72. The predicted octanol–water partition coefficient (Wildman–Crippen LogP) is 0.697. The van der Waals surface area contributed by atoms with Gasteiger partial charge < -0.3 is 9.30 Å². The summed E-state index contributed by atoms with van der Waals surface area (Å²) in [6, 6.07) is 0. The molecule has 62 valence electrons. The molecule has 0 aliphatic rings. The van der Waals surface area contributed by atoms with Crippen molar-refractivity contribution < 1.29 is 4.74 Å². The second-order valence-corrected chi connectivity index (χ2v) is 2.98. The van der Waals surface area contributed by atoms with Crippen LogP contribution in [-0.4, -0.2) is 21.9 Å². The first-order chi connectivity index (χ1) is 5.08. The fourth-order valence-electron chi connectivity index (χ4n) is 0.920. The highest BCUT2D eigenvalue weighted by atomic mass is 16.5. The van der Waals surface area contributed by atoms with Gasteiger partial charge in [-0.2, -0.15) is 0 Å². The summed E-state index contributed by atoms with van der Waals surface area (Å²) in [7, 11) is 3.56. The molecule has 0 fully saturated rings. The summed E-state index contributed by atoms with van der Waals surface area (Å²) < 4.78 is 7.09. The molecule has 0 bridgehead atoms. The van der Waals surface area contributed by atoms with Crippen LogP contribution in [0.15, 0.2) is 6.33 Å². The molecule has 0 radical (unpaired) electrons. The van der Waals surface area contributed by atoms with Gasteiger partial charge >= 0.3 is 0 Å². The van der Waals surface area contributed by atoms with E-state index in [-0.39, 0.29) is 5.60 Å². The third-order valence-corrected chi connectivity index (χ3v) is 1.76.